The molecule has 5 nitrogen and oxygen atoms in total. The zero-order valence-corrected chi connectivity index (χ0v) is 13.1. The van der Waals surface area contributed by atoms with Gasteiger partial charge in [-0.15, -0.1) is 0 Å². The van der Waals surface area contributed by atoms with Crippen molar-refractivity contribution >= 4 is 0 Å². The van der Waals surface area contributed by atoms with Gasteiger partial charge in [0.05, 0.1) is 23.8 Å². The molecule has 0 aromatic carbocycles. The second-order valence-electron chi connectivity index (χ2n) is 6.12. The van der Waals surface area contributed by atoms with E-state index in [1.807, 2.05) is 32.6 Å². The molecule has 0 unspecified atom stereocenters. The molecule has 3 rings (SSSR count). The first-order valence-corrected chi connectivity index (χ1v) is 7.61. The fourth-order valence-electron chi connectivity index (χ4n) is 3.10. The average Bonchev–Trinajstić information content (AvgIpc) is 2.79. The van der Waals surface area contributed by atoms with Crippen molar-refractivity contribution in [2.75, 3.05) is 20.1 Å². The Bertz CT molecular complexity index is 619. The van der Waals surface area contributed by atoms with E-state index in [0.717, 1.165) is 35.9 Å². The zero-order valence-electron chi connectivity index (χ0n) is 13.1. The predicted octanol–water partition coefficient (Wildman–Crippen LogP) is 2.07. The van der Waals surface area contributed by atoms with E-state index in [-0.39, 0.29) is 0 Å². The quantitative estimate of drug-likeness (QED) is 0.866. The van der Waals surface area contributed by atoms with Crippen molar-refractivity contribution in [1.82, 2.24) is 24.4 Å². The summed E-state index contributed by atoms with van der Waals surface area (Å²) in [6.45, 7) is 4.38. The van der Waals surface area contributed by atoms with Crippen molar-refractivity contribution in [1.29, 1.82) is 0 Å². The van der Waals surface area contributed by atoms with Gasteiger partial charge in [0.25, 0.3) is 0 Å². The van der Waals surface area contributed by atoms with Crippen molar-refractivity contribution in [3.63, 3.8) is 0 Å². The first kappa shape index (κ1) is 14.2. The molecule has 1 aliphatic heterocycles. The first-order chi connectivity index (χ1) is 10.1. The number of imidazole rings is 1. The highest BCUT2D eigenvalue weighted by Crippen LogP contribution is 2.21. The molecule has 1 atom stereocenters. The number of rotatable bonds is 3. The van der Waals surface area contributed by atoms with Crippen LogP contribution in [0.15, 0.2) is 18.6 Å². The molecule has 0 N–H and O–H groups in total. The monoisotopic (exact) mass is 285 g/mol. The highest BCUT2D eigenvalue weighted by molar-refractivity contribution is 5.52. The van der Waals surface area contributed by atoms with Gasteiger partial charge in [-0.05, 0) is 45.7 Å². The normalized spacial score (nSPS) is 19.9. The lowest BCUT2D eigenvalue weighted by Crippen LogP contribution is -2.33. The Labute approximate surface area is 126 Å². The van der Waals surface area contributed by atoms with Crippen LogP contribution in [0.25, 0.3) is 11.4 Å². The summed E-state index contributed by atoms with van der Waals surface area (Å²) < 4.78 is 2.06. The van der Waals surface area contributed by atoms with Gasteiger partial charge in [-0.1, -0.05) is 0 Å². The second-order valence-corrected chi connectivity index (χ2v) is 6.12. The minimum atomic E-state index is 0.696. The summed E-state index contributed by atoms with van der Waals surface area (Å²) in [6.07, 6.45) is 9.20. The van der Waals surface area contributed by atoms with E-state index < -0.39 is 0 Å². The van der Waals surface area contributed by atoms with Crippen LogP contribution in [0.2, 0.25) is 0 Å². The molecular formula is C16H23N5. The Hall–Kier alpha value is -1.75. The Morgan fingerprint density at radius 3 is 2.81 bits per heavy atom. The number of hydrogen-bond acceptors (Lipinski definition) is 4. The Kier molecular flexibility index (Phi) is 4.01. The molecular weight excluding hydrogens is 262 g/mol. The van der Waals surface area contributed by atoms with Crippen LogP contribution in [0.1, 0.15) is 24.4 Å². The van der Waals surface area contributed by atoms with Crippen molar-refractivity contribution in [3.05, 3.63) is 30.1 Å². The molecule has 0 radical (unpaired) electrons. The van der Waals surface area contributed by atoms with Gasteiger partial charge in [0.15, 0.2) is 0 Å². The third-order valence-electron chi connectivity index (χ3n) is 4.39. The fourth-order valence-corrected chi connectivity index (χ4v) is 3.10. The summed E-state index contributed by atoms with van der Waals surface area (Å²) in [5, 5.41) is 0. The van der Waals surface area contributed by atoms with Crippen LogP contribution in [0, 0.1) is 12.8 Å². The Morgan fingerprint density at radius 1 is 1.24 bits per heavy atom. The van der Waals surface area contributed by atoms with Gasteiger partial charge >= 0.3 is 0 Å². The molecule has 0 aliphatic carbocycles. The van der Waals surface area contributed by atoms with E-state index in [4.69, 9.17) is 4.98 Å². The van der Waals surface area contributed by atoms with Crippen molar-refractivity contribution in [3.8, 4) is 11.4 Å². The van der Waals surface area contributed by atoms with Gasteiger partial charge in [0.2, 0.25) is 0 Å². The van der Waals surface area contributed by atoms with E-state index in [2.05, 4.69) is 26.5 Å². The van der Waals surface area contributed by atoms with E-state index in [0.29, 0.717) is 5.92 Å². The SMILES string of the molecule is Cc1ncc(-c2cncc(C[C@@H]3CCCN(C)C3)n2)n1C. The van der Waals surface area contributed by atoms with Gasteiger partial charge in [-0.25, -0.2) is 9.97 Å². The Morgan fingerprint density at radius 2 is 2.10 bits per heavy atom. The van der Waals surface area contributed by atoms with Gasteiger partial charge in [-0.2, -0.15) is 0 Å². The molecule has 0 bridgehead atoms. The van der Waals surface area contributed by atoms with Crippen LogP contribution >= 0.6 is 0 Å². The zero-order chi connectivity index (χ0) is 14.8. The maximum Gasteiger partial charge on any atom is 0.107 e. The highest BCUT2D eigenvalue weighted by Gasteiger charge is 2.18. The molecule has 1 aliphatic rings. The molecule has 2 aromatic rings. The van der Waals surface area contributed by atoms with E-state index >= 15 is 0 Å². The summed E-state index contributed by atoms with van der Waals surface area (Å²) in [7, 11) is 4.22. The molecule has 2 aromatic heterocycles. The van der Waals surface area contributed by atoms with Crippen LogP contribution in [0.5, 0.6) is 0 Å². The molecule has 112 valence electrons. The summed E-state index contributed by atoms with van der Waals surface area (Å²) in [5.41, 5.74) is 3.04. The smallest absolute Gasteiger partial charge is 0.107 e. The van der Waals surface area contributed by atoms with Crippen LogP contribution in [0.4, 0.5) is 0 Å². The molecule has 5 heteroatoms. The number of aryl methyl sites for hydroxylation is 1. The molecule has 1 fully saturated rings. The van der Waals surface area contributed by atoms with Gasteiger partial charge in [0.1, 0.15) is 11.5 Å². The van der Waals surface area contributed by atoms with E-state index in [1.54, 1.807) is 0 Å². The van der Waals surface area contributed by atoms with E-state index in [9.17, 15) is 0 Å². The fraction of sp³-hybridized carbons (Fsp3) is 0.562. The average molecular weight is 285 g/mol. The number of likely N-dealkylation sites (tertiary alicyclic amines) is 1. The predicted molar refractivity (Wildman–Crippen MR) is 82.9 cm³/mol. The molecule has 0 amide bonds. The number of piperidine rings is 1. The third kappa shape index (κ3) is 3.13. The largest absolute Gasteiger partial charge is 0.330 e. The third-order valence-corrected chi connectivity index (χ3v) is 4.39. The number of hydrogen-bond donors (Lipinski definition) is 0. The maximum atomic E-state index is 4.79. The molecule has 21 heavy (non-hydrogen) atoms. The molecule has 1 saturated heterocycles. The topological polar surface area (TPSA) is 46.8 Å². The van der Waals surface area contributed by atoms with Crippen molar-refractivity contribution in [2.45, 2.75) is 26.2 Å². The molecule has 0 spiro atoms. The van der Waals surface area contributed by atoms with Crippen LogP contribution < -0.4 is 0 Å². The highest BCUT2D eigenvalue weighted by atomic mass is 15.1. The van der Waals surface area contributed by atoms with Crippen LogP contribution in [0.3, 0.4) is 0 Å². The second kappa shape index (κ2) is 5.93. The Balaban J connectivity index is 1.78. The molecule has 3 heterocycles. The van der Waals surface area contributed by atoms with Crippen LogP contribution in [-0.2, 0) is 13.5 Å². The summed E-state index contributed by atoms with van der Waals surface area (Å²) in [5.74, 6) is 1.69. The standard InChI is InChI=1S/C16H23N5/c1-12-18-10-16(21(12)3)15-9-17-8-14(19-15)7-13-5-4-6-20(2)11-13/h8-10,13H,4-7,11H2,1-3H3/t13-/m0/s1. The van der Waals surface area contributed by atoms with Gasteiger partial charge in [-0.3, -0.25) is 4.98 Å². The lowest BCUT2D eigenvalue weighted by molar-refractivity contribution is 0.208. The number of nitrogens with zero attached hydrogens (tertiary/aromatic N) is 5. The van der Waals surface area contributed by atoms with Crippen molar-refractivity contribution < 1.29 is 0 Å². The van der Waals surface area contributed by atoms with Gasteiger partial charge in [0, 0.05) is 19.8 Å². The van der Waals surface area contributed by atoms with Crippen LogP contribution in [-0.4, -0.2) is 44.6 Å². The van der Waals surface area contributed by atoms with Gasteiger partial charge < -0.3 is 9.47 Å². The molecule has 0 saturated carbocycles. The lowest BCUT2D eigenvalue weighted by atomic mass is 9.94. The summed E-state index contributed by atoms with van der Waals surface area (Å²) in [4.78, 5) is 15.9. The lowest BCUT2D eigenvalue weighted by Gasteiger charge is -2.29. The summed E-state index contributed by atoms with van der Waals surface area (Å²) in [6, 6.07) is 0. The minimum Gasteiger partial charge on any atom is -0.330 e. The van der Waals surface area contributed by atoms with E-state index in [1.165, 1.54) is 19.4 Å². The minimum absolute atomic E-state index is 0.696. The number of aromatic nitrogens is 4. The summed E-state index contributed by atoms with van der Waals surface area (Å²) >= 11 is 0. The van der Waals surface area contributed by atoms with Crippen molar-refractivity contribution in [2.24, 2.45) is 13.0 Å². The first-order valence-electron chi connectivity index (χ1n) is 7.61. The maximum absolute atomic E-state index is 4.79.